The Balaban J connectivity index is 1.91. The minimum Gasteiger partial charge on any atom is -0.308 e. The first-order chi connectivity index (χ1) is 14.9. The van der Waals surface area contributed by atoms with E-state index in [1.54, 1.807) is 4.90 Å². The Hall–Kier alpha value is -1.93. The third kappa shape index (κ3) is 5.47. The van der Waals surface area contributed by atoms with Crippen LogP contribution >= 0.6 is 11.6 Å². The van der Waals surface area contributed by atoms with Gasteiger partial charge in [0.25, 0.3) is 5.91 Å². The van der Waals surface area contributed by atoms with Crippen molar-refractivity contribution >= 4 is 33.2 Å². The maximum absolute atomic E-state index is 13.4. The van der Waals surface area contributed by atoms with Gasteiger partial charge < -0.3 is 9.80 Å². The van der Waals surface area contributed by atoms with E-state index < -0.39 is 10.0 Å². The molecule has 1 amide bonds. The number of rotatable bonds is 8. The smallest absolute Gasteiger partial charge is 0.259 e. The van der Waals surface area contributed by atoms with Gasteiger partial charge in [0.05, 0.1) is 15.5 Å². The second-order valence-electron chi connectivity index (χ2n) is 7.63. The van der Waals surface area contributed by atoms with Crippen LogP contribution in [0.2, 0.25) is 5.02 Å². The van der Waals surface area contributed by atoms with Crippen molar-refractivity contribution in [2.75, 3.05) is 44.2 Å². The van der Waals surface area contributed by atoms with Gasteiger partial charge in [0, 0.05) is 38.4 Å². The first-order valence-corrected chi connectivity index (χ1v) is 12.6. The van der Waals surface area contributed by atoms with E-state index in [1.165, 1.54) is 22.5 Å². The van der Waals surface area contributed by atoms with Crippen molar-refractivity contribution < 1.29 is 13.2 Å². The summed E-state index contributed by atoms with van der Waals surface area (Å²) in [6, 6.07) is 13.8. The molecule has 8 heteroatoms. The number of para-hydroxylation sites is 1. The molecule has 0 spiro atoms. The van der Waals surface area contributed by atoms with E-state index in [4.69, 9.17) is 11.6 Å². The molecule has 1 aliphatic heterocycles. The molecule has 31 heavy (non-hydrogen) atoms. The summed E-state index contributed by atoms with van der Waals surface area (Å²) in [6.07, 6.45) is 1.76. The van der Waals surface area contributed by atoms with Crippen LogP contribution in [0.4, 0.5) is 5.69 Å². The molecule has 2 aromatic carbocycles. The zero-order valence-electron chi connectivity index (χ0n) is 18.1. The number of piperazine rings is 1. The lowest BCUT2D eigenvalue weighted by atomic mass is 10.1. The average Bonchev–Trinajstić information content (AvgIpc) is 2.80. The lowest BCUT2D eigenvalue weighted by Crippen LogP contribution is -2.48. The third-order valence-electron chi connectivity index (χ3n) is 5.63. The molecule has 0 radical (unpaired) electrons. The van der Waals surface area contributed by atoms with Gasteiger partial charge in [0.1, 0.15) is 0 Å². The molecule has 6 nitrogen and oxygen atoms in total. The van der Waals surface area contributed by atoms with Crippen LogP contribution in [0.3, 0.4) is 0 Å². The van der Waals surface area contributed by atoms with E-state index in [9.17, 15) is 13.2 Å². The van der Waals surface area contributed by atoms with E-state index in [0.717, 1.165) is 25.1 Å². The van der Waals surface area contributed by atoms with E-state index in [-0.39, 0.29) is 21.4 Å². The lowest BCUT2D eigenvalue weighted by molar-refractivity contribution is 0.0986. The normalized spacial score (nSPS) is 15.7. The van der Waals surface area contributed by atoms with Crippen molar-refractivity contribution in [3.63, 3.8) is 0 Å². The quantitative estimate of drug-likeness (QED) is 0.591. The van der Waals surface area contributed by atoms with Crippen molar-refractivity contribution in [1.29, 1.82) is 0 Å². The zero-order valence-corrected chi connectivity index (χ0v) is 19.7. The first-order valence-electron chi connectivity index (χ1n) is 10.8. The van der Waals surface area contributed by atoms with E-state index in [0.29, 0.717) is 32.7 Å². The van der Waals surface area contributed by atoms with Crippen LogP contribution in [0.15, 0.2) is 53.4 Å². The predicted molar refractivity (Wildman–Crippen MR) is 125 cm³/mol. The fourth-order valence-corrected chi connectivity index (χ4v) is 5.33. The number of halogens is 1. The molecule has 0 aromatic heterocycles. The van der Waals surface area contributed by atoms with Crippen molar-refractivity contribution in [3.05, 3.63) is 59.1 Å². The predicted octanol–water partition coefficient (Wildman–Crippen LogP) is 4.11. The second-order valence-corrected chi connectivity index (χ2v) is 9.97. The van der Waals surface area contributed by atoms with Crippen LogP contribution in [-0.2, 0) is 10.0 Å². The molecule has 0 aliphatic carbocycles. The highest BCUT2D eigenvalue weighted by Crippen LogP contribution is 2.27. The molecule has 1 fully saturated rings. The molecule has 0 atom stereocenters. The maximum atomic E-state index is 13.4. The van der Waals surface area contributed by atoms with Gasteiger partial charge in [0.2, 0.25) is 10.0 Å². The first kappa shape index (κ1) is 23.7. The number of sulfonamides is 1. The number of hydrogen-bond donors (Lipinski definition) is 0. The molecule has 2 aromatic rings. The van der Waals surface area contributed by atoms with Crippen LogP contribution < -0.4 is 4.90 Å². The molecular weight excluding hydrogens is 434 g/mol. The topological polar surface area (TPSA) is 60.9 Å². The van der Waals surface area contributed by atoms with Gasteiger partial charge in [-0.05, 0) is 43.3 Å². The van der Waals surface area contributed by atoms with Gasteiger partial charge in [-0.1, -0.05) is 50.1 Å². The SMILES string of the molecule is CCCCN(C(=O)c1cc(S(=O)(=O)N2CCN(CC)CC2)ccc1Cl)c1ccccc1. The average molecular weight is 464 g/mol. The number of nitrogens with zero attached hydrogens (tertiary/aromatic N) is 3. The Labute approximate surface area is 190 Å². The van der Waals surface area contributed by atoms with Gasteiger partial charge in [-0.25, -0.2) is 8.42 Å². The molecule has 0 saturated carbocycles. The maximum Gasteiger partial charge on any atom is 0.259 e. The fraction of sp³-hybridized carbons (Fsp3) is 0.435. The van der Waals surface area contributed by atoms with E-state index in [2.05, 4.69) is 18.7 Å². The van der Waals surface area contributed by atoms with Crippen molar-refractivity contribution in [1.82, 2.24) is 9.21 Å². The Morgan fingerprint density at radius 2 is 1.71 bits per heavy atom. The molecule has 3 rings (SSSR count). The van der Waals surface area contributed by atoms with Crippen LogP contribution in [0.1, 0.15) is 37.0 Å². The fourth-order valence-electron chi connectivity index (χ4n) is 3.68. The highest BCUT2D eigenvalue weighted by molar-refractivity contribution is 7.89. The number of amides is 1. The van der Waals surface area contributed by atoms with Crippen molar-refractivity contribution in [2.45, 2.75) is 31.6 Å². The van der Waals surface area contributed by atoms with Crippen LogP contribution in [0, 0.1) is 0 Å². The van der Waals surface area contributed by atoms with Gasteiger partial charge in [-0.3, -0.25) is 4.79 Å². The summed E-state index contributed by atoms with van der Waals surface area (Å²) in [5, 5.41) is 0.247. The highest BCUT2D eigenvalue weighted by Gasteiger charge is 2.30. The minimum absolute atomic E-state index is 0.105. The van der Waals surface area contributed by atoms with E-state index in [1.807, 2.05) is 30.3 Å². The Morgan fingerprint density at radius 1 is 1.03 bits per heavy atom. The van der Waals surface area contributed by atoms with Gasteiger partial charge in [-0.2, -0.15) is 4.31 Å². The molecule has 1 aliphatic rings. The monoisotopic (exact) mass is 463 g/mol. The molecule has 1 saturated heterocycles. The molecule has 0 N–H and O–H groups in total. The van der Waals surface area contributed by atoms with Crippen molar-refractivity contribution in [2.24, 2.45) is 0 Å². The summed E-state index contributed by atoms with van der Waals surface area (Å²) in [6.45, 7) is 7.85. The van der Waals surface area contributed by atoms with Gasteiger partial charge in [-0.15, -0.1) is 0 Å². The minimum atomic E-state index is -3.70. The number of carbonyl (C=O) groups excluding carboxylic acids is 1. The third-order valence-corrected chi connectivity index (χ3v) is 7.86. The van der Waals surface area contributed by atoms with Crippen LogP contribution in [0.5, 0.6) is 0 Å². The Morgan fingerprint density at radius 3 is 2.32 bits per heavy atom. The standard InChI is InChI=1S/C23H30ClN3O3S/c1-3-5-13-27(19-9-7-6-8-10-19)23(28)21-18-20(11-12-22(21)24)31(29,30)26-16-14-25(4-2)15-17-26/h6-12,18H,3-5,13-17H2,1-2H3. The summed E-state index contributed by atoms with van der Waals surface area (Å²) in [7, 11) is -3.70. The number of benzene rings is 2. The zero-order chi connectivity index (χ0) is 22.4. The van der Waals surface area contributed by atoms with Gasteiger partial charge >= 0.3 is 0 Å². The highest BCUT2D eigenvalue weighted by atomic mass is 35.5. The van der Waals surface area contributed by atoms with Crippen LogP contribution in [-0.4, -0.2) is 62.8 Å². The van der Waals surface area contributed by atoms with E-state index >= 15 is 0 Å². The van der Waals surface area contributed by atoms with Gasteiger partial charge in [0.15, 0.2) is 0 Å². The number of anilines is 1. The number of unbranched alkanes of at least 4 members (excludes halogenated alkanes) is 1. The summed E-state index contributed by atoms with van der Waals surface area (Å²) < 4.78 is 27.9. The summed E-state index contributed by atoms with van der Waals surface area (Å²) in [4.78, 5) is 17.4. The Kier molecular flexibility index (Phi) is 8.11. The molecular formula is C23H30ClN3O3S. The number of hydrogen-bond acceptors (Lipinski definition) is 4. The Bertz CT molecular complexity index is 990. The molecule has 0 bridgehead atoms. The molecule has 1 heterocycles. The summed E-state index contributed by atoms with van der Waals surface area (Å²) >= 11 is 6.37. The number of likely N-dealkylation sites (N-methyl/N-ethyl adjacent to an activating group) is 1. The molecule has 0 unspecified atom stereocenters. The number of carbonyl (C=O) groups is 1. The van der Waals surface area contributed by atoms with Crippen LogP contribution in [0.25, 0.3) is 0 Å². The van der Waals surface area contributed by atoms with Crippen molar-refractivity contribution in [3.8, 4) is 0 Å². The summed E-state index contributed by atoms with van der Waals surface area (Å²) in [5.41, 5.74) is 0.968. The molecule has 168 valence electrons. The second kappa shape index (κ2) is 10.6. The summed E-state index contributed by atoms with van der Waals surface area (Å²) in [5.74, 6) is -0.294. The largest absolute Gasteiger partial charge is 0.308 e. The lowest BCUT2D eigenvalue weighted by Gasteiger charge is -2.33.